The minimum Gasteiger partial charge on any atom is -0.516 e. The molecule has 0 aliphatic heterocycles. The van der Waals surface area contributed by atoms with Crippen molar-refractivity contribution in [3.8, 4) is 5.75 Å². The average molecular weight is 338 g/mol. The van der Waals surface area contributed by atoms with Gasteiger partial charge in [-0.25, -0.2) is 0 Å². The first kappa shape index (κ1) is 17.4. The smallest absolute Gasteiger partial charge is 0.516 e. The van der Waals surface area contributed by atoms with Crippen LogP contribution in [0.3, 0.4) is 0 Å². The van der Waals surface area contributed by atoms with E-state index in [1.165, 1.54) is 12.1 Å². The van der Waals surface area contributed by atoms with Gasteiger partial charge in [-0.15, -0.1) is 0 Å². The van der Waals surface area contributed by atoms with Crippen LogP contribution < -0.4 is 56.1 Å². The normalized spacial score (nSPS) is 10.6. The van der Waals surface area contributed by atoms with Crippen LogP contribution in [0.1, 0.15) is 0 Å². The Kier molecular flexibility index (Phi) is 7.26. The number of halogens is 4. The molecule has 88 valence electrons. The Morgan fingerprint density at radius 1 is 1.41 bits per heavy atom. The zero-order valence-electron chi connectivity index (χ0n) is 8.70. The number of nitro benzene ring substituents is 1. The molecule has 0 radical (unpaired) electrons. The predicted molar refractivity (Wildman–Crippen MR) is 55.4 cm³/mol. The number of nitro groups is 1. The van der Waals surface area contributed by atoms with Crippen LogP contribution in [0.2, 0.25) is 0 Å². The summed E-state index contributed by atoms with van der Waals surface area (Å²) in [6.45, 7) is -6.66. The van der Waals surface area contributed by atoms with Crippen molar-refractivity contribution in [2.45, 2.75) is 0 Å². The summed E-state index contributed by atoms with van der Waals surface area (Å²) in [7, 11) is 0. The molecule has 17 heavy (non-hydrogen) atoms. The Labute approximate surface area is 146 Å². The molecule has 1 rings (SSSR count). The fraction of sp³-hybridized carbons (Fsp3) is 0.143. The average Bonchev–Trinajstić information content (AvgIpc) is 2.13. The van der Waals surface area contributed by atoms with Crippen LogP contribution in [0.15, 0.2) is 22.7 Å². The van der Waals surface area contributed by atoms with Gasteiger partial charge in [-0.3, -0.25) is 10.1 Å². The van der Waals surface area contributed by atoms with Crippen molar-refractivity contribution in [3.63, 3.8) is 0 Å². The third-order valence-corrected chi connectivity index (χ3v) is 2.18. The minimum absolute atomic E-state index is 0. The quantitative estimate of drug-likeness (QED) is 0.446. The molecule has 10 heteroatoms. The van der Waals surface area contributed by atoms with E-state index in [4.69, 9.17) is 0 Å². The molecule has 1 aromatic rings. The van der Waals surface area contributed by atoms with E-state index >= 15 is 0 Å². The molecule has 0 aliphatic rings. The SMILES string of the molecule is O=[N+]([O-])c1cccc(Br)c1OC[B-](F)(F)F.[K+]. The van der Waals surface area contributed by atoms with Gasteiger partial charge in [0.15, 0.2) is 0 Å². The number of rotatable bonds is 4. The maximum absolute atomic E-state index is 12.0. The maximum Gasteiger partial charge on any atom is 1.00 e. The van der Waals surface area contributed by atoms with Gasteiger partial charge in [0.2, 0.25) is 5.75 Å². The Balaban J connectivity index is 0.00000256. The summed E-state index contributed by atoms with van der Waals surface area (Å²) in [6.07, 6.45) is 0. The van der Waals surface area contributed by atoms with Crippen molar-refractivity contribution in [2.24, 2.45) is 0 Å². The molecule has 0 amide bonds. The summed E-state index contributed by atoms with van der Waals surface area (Å²) < 4.78 is 40.4. The molecule has 0 heterocycles. The van der Waals surface area contributed by atoms with E-state index in [0.717, 1.165) is 6.07 Å². The van der Waals surface area contributed by atoms with Gasteiger partial charge in [-0.1, -0.05) is 6.07 Å². The first-order valence-electron chi connectivity index (χ1n) is 4.08. The van der Waals surface area contributed by atoms with Crippen LogP contribution in [-0.2, 0) is 0 Å². The summed E-state index contributed by atoms with van der Waals surface area (Å²) in [5.41, 5.74) is -0.505. The number of ether oxygens (including phenoxy) is 1. The van der Waals surface area contributed by atoms with Crippen molar-refractivity contribution in [1.82, 2.24) is 0 Å². The molecule has 4 nitrogen and oxygen atoms in total. The summed E-state index contributed by atoms with van der Waals surface area (Å²) in [5, 5.41) is 10.5. The van der Waals surface area contributed by atoms with Gasteiger partial charge in [0.05, 0.1) is 15.9 Å². The molecule has 0 N–H and O–H groups in total. The predicted octanol–water partition coefficient (Wildman–Crippen LogP) is 0.127. The fourth-order valence-electron chi connectivity index (χ4n) is 0.962. The standard InChI is InChI=1S/C7H5BBrF3NO3.K/c9-5-2-1-3-6(13(14)15)7(5)16-4-8(10,11)12;/h1-3H,4H2;/q-1;+1. The number of hydrogen-bond donors (Lipinski definition) is 0. The maximum atomic E-state index is 12.0. The van der Waals surface area contributed by atoms with Crippen molar-refractivity contribution in [2.75, 3.05) is 6.51 Å². The summed E-state index contributed by atoms with van der Waals surface area (Å²) in [6, 6.07) is 3.78. The van der Waals surface area contributed by atoms with Gasteiger partial charge in [0, 0.05) is 6.07 Å². The zero-order chi connectivity index (χ0) is 12.3. The van der Waals surface area contributed by atoms with Crippen molar-refractivity contribution < 1.29 is 74.0 Å². The van der Waals surface area contributed by atoms with E-state index in [9.17, 15) is 23.1 Å². The second kappa shape index (κ2) is 7.10. The Hall–Kier alpha value is 0.391. The summed E-state index contributed by atoms with van der Waals surface area (Å²) in [4.78, 5) is 9.72. The number of nitrogens with zero attached hydrogens (tertiary/aromatic N) is 1. The number of para-hydroxylation sites is 1. The van der Waals surface area contributed by atoms with E-state index < -0.39 is 29.8 Å². The van der Waals surface area contributed by atoms with Crippen LogP contribution in [0.25, 0.3) is 0 Å². The first-order chi connectivity index (χ1) is 7.31. The molecule has 0 aromatic heterocycles. The van der Waals surface area contributed by atoms with E-state index in [1.807, 2.05) is 0 Å². The van der Waals surface area contributed by atoms with Gasteiger partial charge in [0.1, 0.15) is 0 Å². The first-order valence-corrected chi connectivity index (χ1v) is 4.87. The van der Waals surface area contributed by atoms with E-state index in [2.05, 4.69) is 20.7 Å². The van der Waals surface area contributed by atoms with Crippen LogP contribution in [-0.4, -0.2) is 18.4 Å². The molecule has 0 unspecified atom stereocenters. The topological polar surface area (TPSA) is 52.4 Å². The van der Waals surface area contributed by atoms with Crippen LogP contribution >= 0.6 is 15.9 Å². The van der Waals surface area contributed by atoms with Gasteiger partial charge < -0.3 is 17.7 Å². The zero-order valence-corrected chi connectivity index (χ0v) is 13.4. The number of benzene rings is 1. The Bertz CT molecular complexity index is 418. The third kappa shape index (κ3) is 5.71. The molecular weight excluding hydrogens is 333 g/mol. The Morgan fingerprint density at radius 2 is 2.00 bits per heavy atom. The van der Waals surface area contributed by atoms with Crippen LogP contribution in [0.4, 0.5) is 18.6 Å². The Morgan fingerprint density at radius 3 is 2.47 bits per heavy atom. The van der Waals surface area contributed by atoms with Gasteiger partial charge in [-0.2, -0.15) is 0 Å². The van der Waals surface area contributed by atoms with Crippen molar-refractivity contribution in [1.29, 1.82) is 0 Å². The van der Waals surface area contributed by atoms with Gasteiger partial charge in [-0.05, 0) is 22.0 Å². The molecule has 0 saturated heterocycles. The van der Waals surface area contributed by atoms with Crippen LogP contribution in [0.5, 0.6) is 5.75 Å². The van der Waals surface area contributed by atoms with E-state index in [0.29, 0.717) is 0 Å². The van der Waals surface area contributed by atoms with Crippen molar-refractivity contribution in [3.05, 3.63) is 32.8 Å². The van der Waals surface area contributed by atoms with Gasteiger partial charge in [0.25, 0.3) is 0 Å². The minimum atomic E-state index is -5.15. The molecule has 0 saturated carbocycles. The third-order valence-electron chi connectivity index (χ3n) is 1.56. The molecule has 0 fully saturated rings. The molecule has 0 spiro atoms. The molecule has 1 aromatic carbocycles. The molecule has 0 aliphatic carbocycles. The fourth-order valence-corrected chi connectivity index (χ4v) is 1.43. The monoisotopic (exact) mass is 337 g/mol. The molecule has 0 atom stereocenters. The van der Waals surface area contributed by atoms with E-state index in [-0.39, 0.29) is 55.9 Å². The second-order valence-corrected chi connectivity index (χ2v) is 3.72. The van der Waals surface area contributed by atoms with Crippen LogP contribution in [0, 0.1) is 10.1 Å². The van der Waals surface area contributed by atoms with Crippen molar-refractivity contribution >= 4 is 28.6 Å². The van der Waals surface area contributed by atoms with Gasteiger partial charge >= 0.3 is 64.0 Å². The number of hydrogen-bond acceptors (Lipinski definition) is 3. The van der Waals surface area contributed by atoms with E-state index in [1.54, 1.807) is 0 Å². The summed E-state index contributed by atoms with van der Waals surface area (Å²) >= 11 is 2.89. The second-order valence-electron chi connectivity index (χ2n) is 2.87. The largest absolute Gasteiger partial charge is 1.00 e. The molecule has 0 bridgehead atoms. The summed E-state index contributed by atoms with van der Waals surface area (Å²) in [5.74, 6) is -0.410. The molecular formula is C7H5BBrF3KNO3.